The van der Waals surface area contributed by atoms with Gasteiger partial charge in [0.05, 0.1) is 23.2 Å². The van der Waals surface area contributed by atoms with E-state index in [2.05, 4.69) is 33.0 Å². The summed E-state index contributed by atoms with van der Waals surface area (Å²) in [6, 6.07) is 13.6. The number of halogens is 2. The predicted octanol–water partition coefficient (Wildman–Crippen LogP) is 5.13. The van der Waals surface area contributed by atoms with Gasteiger partial charge in [0.2, 0.25) is 0 Å². The van der Waals surface area contributed by atoms with Crippen LogP contribution in [-0.2, 0) is 4.74 Å². The van der Waals surface area contributed by atoms with E-state index in [1.165, 1.54) is 0 Å². The fourth-order valence-corrected chi connectivity index (χ4v) is 4.76. The summed E-state index contributed by atoms with van der Waals surface area (Å²) in [5.41, 5.74) is 0.414. The molecule has 0 spiro atoms. The summed E-state index contributed by atoms with van der Waals surface area (Å²) in [5, 5.41) is 10.0. The summed E-state index contributed by atoms with van der Waals surface area (Å²) < 4.78 is 7.02. The molecule has 0 atom stereocenters. The monoisotopic (exact) mass is 579 g/mol. The number of amides is 1. The van der Waals surface area contributed by atoms with Crippen LogP contribution >= 0.6 is 45.5 Å². The molecule has 2 aromatic heterocycles. The maximum absolute atomic E-state index is 13.4. The van der Waals surface area contributed by atoms with E-state index in [1.54, 1.807) is 48.7 Å². The number of hydrogen-bond acceptors (Lipinski definition) is 6. The third-order valence-electron chi connectivity index (χ3n) is 4.54. The Bertz CT molecular complexity index is 1400. The van der Waals surface area contributed by atoms with Gasteiger partial charge in [0.25, 0.3) is 11.5 Å². The first-order valence-corrected chi connectivity index (χ1v) is 11.8. The molecule has 1 N–H and O–H groups in total. The molecule has 0 saturated heterocycles. The molecular weight excluding hydrogens is 565 g/mol. The van der Waals surface area contributed by atoms with Gasteiger partial charge in [-0.3, -0.25) is 9.59 Å². The van der Waals surface area contributed by atoms with E-state index in [9.17, 15) is 14.4 Å². The third kappa shape index (κ3) is 4.27. The Labute approximate surface area is 205 Å². The minimum Gasteiger partial charge on any atom is -0.461 e. The Morgan fingerprint density at radius 3 is 2.59 bits per heavy atom. The largest absolute Gasteiger partial charge is 0.461 e. The predicted molar refractivity (Wildman–Crippen MR) is 133 cm³/mol. The highest BCUT2D eigenvalue weighted by Gasteiger charge is 2.23. The molecule has 10 heteroatoms. The van der Waals surface area contributed by atoms with Gasteiger partial charge in [0.15, 0.2) is 5.69 Å². The molecule has 1 amide bonds. The summed E-state index contributed by atoms with van der Waals surface area (Å²) in [4.78, 5) is 38.8. The van der Waals surface area contributed by atoms with Crippen LogP contribution in [0.25, 0.3) is 16.5 Å². The molecule has 0 saturated carbocycles. The van der Waals surface area contributed by atoms with Gasteiger partial charge in [0.1, 0.15) is 5.00 Å². The maximum Gasteiger partial charge on any atom is 0.359 e. The number of benzene rings is 2. The standard InChI is InChI=1S/C22H15ClIN3O4S/c1-2-31-22(30)18-15-11-32-20(25-19(28)14-5-3-4-6-16(14)24)17(15)21(29)27(26-18)13-9-7-12(23)8-10-13/h3-11H,2H2,1H3,(H,25,28). The fraction of sp³-hybridized carbons (Fsp3) is 0.0909. The maximum atomic E-state index is 13.4. The Morgan fingerprint density at radius 1 is 1.19 bits per heavy atom. The van der Waals surface area contributed by atoms with Crippen LogP contribution in [0, 0.1) is 3.57 Å². The molecule has 7 nitrogen and oxygen atoms in total. The van der Waals surface area contributed by atoms with Crippen LogP contribution in [-0.4, -0.2) is 28.3 Å². The van der Waals surface area contributed by atoms with Gasteiger partial charge in [-0.25, -0.2) is 4.79 Å². The highest BCUT2D eigenvalue weighted by Crippen LogP contribution is 2.31. The molecule has 2 aromatic carbocycles. The minimum absolute atomic E-state index is 0.0116. The average Bonchev–Trinajstić information content (AvgIpc) is 3.19. The summed E-state index contributed by atoms with van der Waals surface area (Å²) in [6.45, 7) is 1.84. The van der Waals surface area contributed by atoms with Crippen molar-refractivity contribution in [2.24, 2.45) is 0 Å². The van der Waals surface area contributed by atoms with Crippen molar-refractivity contribution in [3.8, 4) is 5.69 Å². The van der Waals surface area contributed by atoms with Crippen molar-refractivity contribution in [1.82, 2.24) is 9.78 Å². The van der Waals surface area contributed by atoms with Gasteiger partial charge in [-0.05, 0) is 65.9 Å². The Balaban J connectivity index is 1.89. The lowest BCUT2D eigenvalue weighted by molar-refractivity contribution is 0.0520. The van der Waals surface area contributed by atoms with E-state index in [4.69, 9.17) is 16.3 Å². The molecular formula is C22H15ClIN3O4S. The highest BCUT2D eigenvalue weighted by molar-refractivity contribution is 14.1. The van der Waals surface area contributed by atoms with Crippen LogP contribution in [0.4, 0.5) is 5.00 Å². The van der Waals surface area contributed by atoms with E-state index >= 15 is 0 Å². The first-order chi connectivity index (χ1) is 15.4. The molecule has 162 valence electrons. The second kappa shape index (κ2) is 9.39. The molecule has 32 heavy (non-hydrogen) atoms. The van der Waals surface area contributed by atoms with Crippen LogP contribution in [0.15, 0.2) is 58.7 Å². The lowest BCUT2D eigenvalue weighted by Crippen LogP contribution is -2.25. The molecule has 0 aliphatic heterocycles. The lowest BCUT2D eigenvalue weighted by atomic mass is 10.2. The zero-order valence-electron chi connectivity index (χ0n) is 16.6. The summed E-state index contributed by atoms with van der Waals surface area (Å²) in [6.07, 6.45) is 0. The van der Waals surface area contributed by atoms with Gasteiger partial charge in [0, 0.05) is 19.4 Å². The fourth-order valence-electron chi connectivity index (χ4n) is 3.07. The number of esters is 1. The smallest absolute Gasteiger partial charge is 0.359 e. The van der Waals surface area contributed by atoms with Crippen molar-refractivity contribution >= 4 is 73.2 Å². The number of ether oxygens (including phenoxy) is 1. The number of thiophene rings is 1. The van der Waals surface area contributed by atoms with Crippen LogP contribution in [0.3, 0.4) is 0 Å². The van der Waals surface area contributed by atoms with Crippen LogP contribution in [0.5, 0.6) is 0 Å². The molecule has 0 radical (unpaired) electrons. The van der Waals surface area contributed by atoms with Gasteiger partial charge in [-0.15, -0.1) is 11.3 Å². The molecule has 0 aliphatic carbocycles. The normalized spacial score (nSPS) is 10.8. The number of carbonyl (C=O) groups excluding carboxylic acids is 2. The second-order valence-corrected chi connectivity index (χ2v) is 9.03. The van der Waals surface area contributed by atoms with E-state index in [-0.39, 0.29) is 23.6 Å². The van der Waals surface area contributed by atoms with Gasteiger partial charge < -0.3 is 10.1 Å². The molecule has 4 aromatic rings. The van der Waals surface area contributed by atoms with E-state index < -0.39 is 11.5 Å². The lowest BCUT2D eigenvalue weighted by Gasteiger charge is -2.10. The summed E-state index contributed by atoms with van der Waals surface area (Å²) in [5.74, 6) is -1.01. The van der Waals surface area contributed by atoms with Gasteiger partial charge in [-0.2, -0.15) is 9.78 Å². The number of aromatic nitrogens is 2. The van der Waals surface area contributed by atoms with Crippen LogP contribution < -0.4 is 10.9 Å². The van der Waals surface area contributed by atoms with E-state index in [0.29, 0.717) is 26.7 Å². The number of fused-ring (bicyclic) bond motifs is 1. The second-order valence-electron chi connectivity index (χ2n) is 6.55. The van der Waals surface area contributed by atoms with Crippen molar-refractivity contribution < 1.29 is 14.3 Å². The van der Waals surface area contributed by atoms with Crippen molar-refractivity contribution in [3.63, 3.8) is 0 Å². The summed E-state index contributed by atoms with van der Waals surface area (Å²) in [7, 11) is 0. The zero-order chi connectivity index (χ0) is 22.8. The van der Waals surface area contributed by atoms with Gasteiger partial charge >= 0.3 is 5.97 Å². The van der Waals surface area contributed by atoms with Crippen molar-refractivity contribution in [2.75, 3.05) is 11.9 Å². The number of nitrogens with zero attached hydrogens (tertiary/aromatic N) is 2. The average molecular weight is 580 g/mol. The van der Waals surface area contributed by atoms with Crippen molar-refractivity contribution in [2.45, 2.75) is 6.92 Å². The summed E-state index contributed by atoms with van der Waals surface area (Å²) >= 11 is 9.18. The molecule has 0 aliphatic rings. The Kier molecular flexibility index (Phi) is 6.58. The number of anilines is 1. The topological polar surface area (TPSA) is 90.3 Å². The highest BCUT2D eigenvalue weighted by atomic mass is 127. The van der Waals surface area contributed by atoms with Crippen LogP contribution in [0.2, 0.25) is 5.02 Å². The number of rotatable bonds is 5. The Hall–Kier alpha value is -2.76. The van der Waals surface area contributed by atoms with Crippen molar-refractivity contribution in [3.05, 3.63) is 84.1 Å². The first-order valence-electron chi connectivity index (χ1n) is 9.44. The SMILES string of the molecule is CCOC(=O)c1nn(-c2ccc(Cl)cc2)c(=O)c2c(NC(=O)c3ccccc3I)scc12. The van der Waals surface area contributed by atoms with Crippen LogP contribution in [0.1, 0.15) is 27.8 Å². The number of nitrogens with one attached hydrogen (secondary N) is 1. The molecule has 0 unspecified atom stereocenters. The molecule has 4 rings (SSSR count). The number of carbonyl (C=O) groups is 2. The third-order valence-corrected chi connectivity index (χ3v) is 6.63. The first kappa shape index (κ1) is 22.4. The molecule has 2 heterocycles. The van der Waals surface area contributed by atoms with E-state index in [1.807, 2.05) is 12.1 Å². The van der Waals surface area contributed by atoms with E-state index in [0.717, 1.165) is 19.6 Å². The van der Waals surface area contributed by atoms with Gasteiger partial charge in [-0.1, -0.05) is 23.7 Å². The Morgan fingerprint density at radius 2 is 1.91 bits per heavy atom. The zero-order valence-corrected chi connectivity index (χ0v) is 20.3. The minimum atomic E-state index is -0.659. The quantitative estimate of drug-likeness (QED) is 0.261. The molecule has 0 fully saturated rings. The van der Waals surface area contributed by atoms with Crippen molar-refractivity contribution in [1.29, 1.82) is 0 Å². The molecule has 0 bridgehead atoms. The number of hydrogen-bond donors (Lipinski definition) is 1.